The quantitative estimate of drug-likeness (QED) is 0.206. The summed E-state index contributed by atoms with van der Waals surface area (Å²) in [6.07, 6.45) is -1.32. The van der Waals surface area contributed by atoms with Gasteiger partial charge in [0.1, 0.15) is 6.15 Å². The number of hydrogen-bond donors (Lipinski definition) is 0. The van der Waals surface area contributed by atoms with E-state index in [4.69, 9.17) is 5.11 Å². The average molecular weight is 511 g/mol. The molecule has 0 aliphatic rings. The van der Waals surface area contributed by atoms with Gasteiger partial charge in [-0.1, -0.05) is 156 Å². The molecule has 39 heavy (non-hydrogen) atoms. The minimum absolute atomic E-state index is 0.282. The third kappa shape index (κ3) is 5.67. The summed E-state index contributed by atoms with van der Waals surface area (Å²) >= 11 is 0. The number of benzene rings is 5. The maximum absolute atomic E-state index is 7.05. The molecule has 0 radical (unpaired) electrons. The highest BCUT2D eigenvalue weighted by Crippen LogP contribution is 2.17. The fourth-order valence-corrected chi connectivity index (χ4v) is 6.07. The van der Waals surface area contributed by atoms with E-state index < -0.39 is 6.15 Å². The summed E-state index contributed by atoms with van der Waals surface area (Å²) < 4.78 is 0. The molecule has 0 aliphatic heterocycles. The molecule has 2 N–H and O–H groups in total. The van der Waals surface area contributed by atoms with E-state index in [1.165, 1.54) is 44.1 Å². The molecule has 0 aromatic heterocycles. The molecule has 0 saturated carbocycles. The first-order valence-corrected chi connectivity index (χ1v) is 13.7. The van der Waals surface area contributed by atoms with Crippen LogP contribution in [0.25, 0.3) is 5.57 Å². The largest absolute Gasteiger partial charge is 0.442 e. The van der Waals surface area contributed by atoms with Crippen LogP contribution in [0.3, 0.4) is 0 Å². The van der Waals surface area contributed by atoms with E-state index in [2.05, 4.69) is 131 Å². The van der Waals surface area contributed by atoms with Gasteiger partial charge in [0.05, 0.1) is 0 Å². The molecule has 0 heterocycles. The minimum Gasteiger partial charge on any atom is -0.442 e. The van der Waals surface area contributed by atoms with Crippen LogP contribution in [-0.4, -0.2) is 17.9 Å². The number of rotatable bonds is 6. The van der Waals surface area contributed by atoms with Crippen molar-refractivity contribution >= 4 is 33.6 Å². The molecule has 5 aromatic rings. The Labute approximate surface area is 234 Å². The van der Waals surface area contributed by atoms with Crippen molar-refractivity contribution < 1.29 is 5.11 Å². The second-order valence-electron chi connectivity index (χ2n) is 10.4. The molecular weight excluding hydrogens is 471 g/mol. The topological polar surface area (TPSA) is 22.9 Å². The van der Waals surface area contributed by atoms with Gasteiger partial charge in [-0.3, -0.25) is 0 Å². The van der Waals surface area contributed by atoms with E-state index in [1.807, 2.05) is 30.3 Å². The predicted octanol–water partition coefficient (Wildman–Crippen LogP) is 5.72. The summed E-state index contributed by atoms with van der Waals surface area (Å²) in [6, 6.07) is 45.5. The van der Waals surface area contributed by atoms with Crippen LogP contribution >= 0.6 is 0 Å². The van der Waals surface area contributed by atoms with Gasteiger partial charge in [0.25, 0.3) is 0 Å². The monoisotopic (exact) mass is 510 g/mol. The summed E-state index contributed by atoms with van der Waals surface area (Å²) in [7, 11) is 0. The molecule has 0 saturated heterocycles. The third-order valence-corrected chi connectivity index (χ3v) is 8.02. The molecule has 5 aromatic carbocycles. The number of aryl methyl sites for hydroxylation is 4. The second-order valence-corrected chi connectivity index (χ2v) is 10.4. The van der Waals surface area contributed by atoms with Crippen molar-refractivity contribution in [2.24, 2.45) is 0 Å². The second kappa shape index (κ2) is 12.6. The van der Waals surface area contributed by atoms with Crippen molar-refractivity contribution in [1.82, 2.24) is 0 Å². The highest BCUT2D eigenvalue weighted by atomic mass is 16.3. The molecular formula is C37H39BO. The Morgan fingerprint density at radius 3 is 1.05 bits per heavy atom. The molecule has 2 heteroatoms. The Kier molecular flexibility index (Phi) is 9.01. The highest BCUT2D eigenvalue weighted by Gasteiger charge is 2.35. The predicted molar refractivity (Wildman–Crippen MR) is 173 cm³/mol. The molecule has 0 fully saturated rings. The third-order valence-electron chi connectivity index (χ3n) is 8.02. The molecule has 1 nitrogen and oxygen atoms in total. The van der Waals surface area contributed by atoms with Crippen molar-refractivity contribution in [2.45, 2.75) is 27.7 Å². The lowest BCUT2D eigenvalue weighted by molar-refractivity contribution is 0.350. The molecule has 0 unspecified atom stereocenters. The van der Waals surface area contributed by atoms with Gasteiger partial charge >= 0.3 is 0 Å². The van der Waals surface area contributed by atoms with Crippen LogP contribution in [0.15, 0.2) is 134 Å². The van der Waals surface area contributed by atoms with Crippen LogP contribution in [-0.2, 0) is 0 Å². The van der Waals surface area contributed by atoms with Crippen LogP contribution in [0.1, 0.15) is 27.8 Å². The fourth-order valence-electron chi connectivity index (χ4n) is 6.07. The SMILES string of the molecule is C=C(C[OH2+])c1ccccc1.Cc1ccccc1[B-](c1ccccc1C)(c1ccccc1C)c1ccccc1C. The molecule has 0 aliphatic carbocycles. The van der Waals surface area contributed by atoms with Crippen LogP contribution < -0.4 is 21.9 Å². The molecule has 0 bridgehead atoms. The lowest BCUT2D eigenvalue weighted by Gasteiger charge is -2.48. The van der Waals surface area contributed by atoms with Gasteiger partial charge < -0.3 is 5.11 Å². The van der Waals surface area contributed by atoms with E-state index in [9.17, 15) is 0 Å². The molecule has 0 spiro atoms. The Balaban J connectivity index is 0.000000298. The summed E-state index contributed by atoms with van der Waals surface area (Å²) in [6.45, 7) is 13.0. The smallest absolute Gasteiger partial charge is 0.169 e. The van der Waals surface area contributed by atoms with Gasteiger partial charge in [-0.05, 0) is 33.3 Å². The maximum Gasteiger partial charge on any atom is 0.169 e. The molecule has 5 rings (SSSR count). The Bertz CT molecular complexity index is 1360. The Morgan fingerprint density at radius 1 is 0.487 bits per heavy atom. The Morgan fingerprint density at radius 2 is 0.769 bits per heavy atom. The van der Waals surface area contributed by atoms with Crippen LogP contribution in [0.4, 0.5) is 0 Å². The van der Waals surface area contributed by atoms with Crippen molar-refractivity contribution in [3.8, 4) is 0 Å². The standard InChI is InChI=1S/C28H28B.C9H10O/c1-21-13-5-9-17-25(21)29(26-18-10-6-14-22(26)2,27-19-11-7-15-23(27)3)28-20-12-8-16-24(28)4;1-8(7-10)9-5-3-2-4-6-9/h5-20H,1-4H3;2-6,10H,1,7H2/q-1;/p+1. The zero-order valence-corrected chi connectivity index (χ0v) is 23.6. The van der Waals surface area contributed by atoms with E-state index >= 15 is 0 Å². The molecule has 0 atom stereocenters. The lowest BCUT2D eigenvalue weighted by atomic mass is 9.11. The van der Waals surface area contributed by atoms with Crippen molar-refractivity contribution in [3.05, 3.63) is 162 Å². The lowest BCUT2D eigenvalue weighted by Crippen LogP contribution is -2.76. The van der Waals surface area contributed by atoms with Gasteiger partial charge in [-0.25, -0.2) is 0 Å². The van der Waals surface area contributed by atoms with E-state index in [0.29, 0.717) is 0 Å². The van der Waals surface area contributed by atoms with Crippen LogP contribution in [0.5, 0.6) is 0 Å². The van der Waals surface area contributed by atoms with Crippen LogP contribution in [0, 0.1) is 27.7 Å². The first-order valence-electron chi connectivity index (χ1n) is 13.7. The Hall–Kier alpha value is -4.14. The first kappa shape index (κ1) is 27.9. The van der Waals surface area contributed by atoms with E-state index in [0.717, 1.165) is 11.1 Å². The normalized spacial score (nSPS) is 10.9. The summed E-state index contributed by atoms with van der Waals surface area (Å²) in [5.74, 6) is 0. The average Bonchev–Trinajstić information content (AvgIpc) is 2.97. The van der Waals surface area contributed by atoms with Gasteiger partial charge in [-0.15, -0.1) is 0 Å². The first-order chi connectivity index (χ1) is 18.9. The summed E-state index contributed by atoms with van der Waals surface area (Å²) in [5, 5.41) is 7.05. The maximum atomic E-state index is 7.05. The minimum atomic E-state index is -1.32. The van der Waals surface area contributed by atoms with Crippen molar-refractivity contribution in [3.63, 3.8) is 0 Å². The summed E-state index contributed by atoms with van der Waals surface area (Å²) in [4.78, 5) is 0. The van der Waals surface area contributed by atoms with Gasteiger partial charge in [0.15, 0.2) is 6.61 Å². The van der Waals surface area contributed by atoms with Crippen molar-refractivity contribution in [1.29, 1.82) is 0 Å². The number of hydrogen-bond acceptors (Lipinski definition) is 0. The molecule has 196 valence electrons. The highest BCUT2D eigenvalue weighted by molar-refractivity contribution is 7.20. The van der Waals surface area contributed by atoms with Gasteiger partial charge in [0, 0.05) is 5.57 Å². The summed E-state index contributed by atoms with van der Waals surface area (Å²) in [5.41, 5.74) is 12.9. The van der Waals surface area contributed by atoms with Crippen molar-refractivity contribution in [2.75, 3.05) is 6.61 Å². The van der Waals surface area contributed by atoms with E-state index in [1.54, 1.807) is 0 Å². The zero-order valence-electron chi connectivity index (χ0n) is 23.6. The van der Waals surface area contributed by atoms with E-state index in [-0.39, 0.29) is 6.61 Å². The van der Waals surface area contributed by atoms with Crippen LogP contribution in [0.2, 0.25) is 0 Å². The fraction of sp³-hybridized carbons (Fsp3) is 0.135. The van der Waals surface area contributed by atoms with Gasteiger partial charge in [-0.2, -0.15) is 21.9 Å². The van der Waals surface area contributed by atoms with Gasteiger partial charge in [0.2, 0.25) is 0 Å². The molecule has 0 amide bonds. The zero-order chi connectivity index (χ0) is 27.8.